The number of nitrogens with two attached hydrogens (primary N) is 1. The van der Waals surface area contributed by atoms with E-state index in [2.05, 4.69) is 19.8 Å². The Morgan fingerprint density at radius 3 is 3.00 bits per heavy atom. The van der Waals surface area contributed by atoms with Gasteiger partial charge in [-0.15, -0.1) is 0 Å². The molecule has 0 unspecified atom stereocenters. The summed E-state index contributed by atoms with van der Waals surface area (Å²) in [6.45, 7) is 0. The Morgan fingerprint density at radius 1 is 1.62 bits per heavy atom. The molecule has 0 atom stereocenters. The zero-order valence-corrected chi connectivity index (χ0v) is 7.75. The summed E-state index contributed by atoms with van der Waals surface area (Å²) in [6.07, 6.45) is 1.84. The topological polar surface area (TPSA) is 81.7 Å². The molecule has 6 nitrogen and oxygen atoms in total. The fourth-order valence-electron chi connectivity index (χ4n) is 0.877. The number of nitrogens with zero attached hydrogens (tertiary/aromatic N) is 4. The molecular weight excluding hydrogens is 188 g/mol. The summed E-state index contributed by atoms with van der Waals surface area (Å²) in [5.74, 6) is 1.02. The van der Waals surface area contributed by atoms with Crippen LogP contribution in [0.4, 0.5) is 16.9 Å². The van der Waals surface area contributed by atoms with Gasteiger partial charge in [-0.05, 0) is 0 Å². The normalized spacial score (nSPS) is 10.2. The van der Waals surface area contributed by atoms with E-state index in [0.29, 0.717) is 5.13 Å². The highest BCUT2D eigenvalue weighted by molar-refractivity contribution is 7.09. The van der Waals surface area contributed by atoms with E-state index < -0.39 is 0 Å². The van der Waals surface area contributed by atoms with Crippen LogP contribution in [0.5, 0.6) is 0 Å². The SMILES string of the molecule is Cn1ccc(Nc2nc(N)ns2)n1. The number of aryl methyl sites for hydroxylation is 1. The van der Waals surface area contributed by atoms with Crippen molar-refractivity contribution in [1.29, 1.82) is 0 Å². The summed E-state index contributed by atoms with van der Waals surface area (Å²) in [6, 6.07) is 1.84. The van der Waals surface area contributed by atoms with Gasteiger partial charge in [0, 0.05) is 30.8 Å². The molecule has 0 spiro atoms. The maximum absolute atomic E-state index is 5.36. The number of nitrogen functional groups attached to an aromatic ring is 1. The highest BCUT2D eigenvalue weighted by atomic mass is 32.1. The molecule has 0 fully saturated rings. The van der Waals surface area contributed by atoms with E-state index in [0.717, 1.165) is 5.82 Å². The lowest BCUT2D eigenvalue weighted by atomic mass is 10.6. The largest absolute Gasteiger partial charge is 0.367 e. The first-order valence-corrected chi connectivity index (χ1v) is 4.37. The Hall–Kier alpha value is -1.63. The Bertz CT molecular complexity index is 366. The zero-order valence-electron chi connectivity index (χ0n) is 6.93. The number of rotatable bonds is 2. The maximum atomic E-state index is 5.36. The van der Waals surface area contributed by atoms with E-state index in [1.165, 1.54) is 11.5 Å². The van der Waals surface area contributed by atoms with E-state index in [4.69, 9.17) is 5.73 Å². The summed E-state index contributed by atoms with van der Waals surface area (Å²) in [5, 5.41) is 7.75. The second-order valence-electron chi connectivity index (χ2n) is 2.46. The van der Waals surface area contributed by atoms with Gasteiger partial charge >= 0.3 is 0 Å². The molecule has 2 aromatic rings. The summed E-state index contributed by atoms with van der Waals surface area (Å²) in [7, 11) is 1.85. The number of anilines is 3. The van der Waals surface area contributed by atoms with Crippen molar-refractivity contribution in [2.24, 2.45) is 7.05 Å². The monoisotopic (exact) mass is 196 g/mol. The molecule has 0 amide bonds. The molecule has 2 heterocycles. The third-order valence-electron chi connectivity index (χ3n) is 1.39. The van der Waals surface area contributed by atoms with E-state index in [1.54, 1.807) is 4.68 Å². The van der Waals surface area contributed by atoms with Crippen LogP contribution in [-0.2, 0) is 7.05 Å². The van der Waals surface area contributed by atoms with Crippen LogP contribution in [0.15, 0.2) is 12.3 Å². The molecule has 0 aliphatic carbocycles. The minimum absolute atomic E-state index is 0.281. The predicted octanol–water partition coefficient (Wildman–Crippen LogP) is 0.597. The summed E-state index contributed by atoms with van der Waals surface area (Å²) in [5.41, 5.74) is 5.36. The summed E-state index contributed by atoms with van der Waals surface area (Å²) in [4.78, 5) is 3.94. The van der Waals surface area contributed by atoms with Crippen molar-refractivity contribution in [3.8, 4) is 0 Å². The van der Waals surface area contributed by atoms with E-state index in [9.17, 15) is 0 Å². The van der Waals surface area contributed by atoms with Gasteiger partial charge < -0.3 is 11.1 Å². The maximum Gasteiger partial charge on any atom is 0.233 e. The van der Waals surface area contributed by atoms with Crippen LogP contribution in [0.3, 0.4) is 0 Å². The van der Waals surface area contributed by atoms with Crippen LogP contribution in [0.2, 0.25) is 0 Å². The second kappa shape index (κ2) is 3.02. The summed E-state index contributed by atoms with van der Waals surface area (Å²) >= 11 is 1.21. The molecule has 0 bridgehead atoms. The first kappa shape index (κ1) is 7.99. The Morgan fingerprint density at radius 2 is 2.46 bits per heavy atom. The van der Waals surface area contributed by atoms with Crippen LogP contribution in [0, 0.1) is 0 Å². The fourth-order valence-corrected chi connectivity index (χ4v) is 1.38. The van der Waals surface area contributed by atoms with Crippen molar-refractivity contribution >= 4 is 28.4 Å². The molecule has 0 aromatic carbocycles. The van der Waals surface area contributed by atoms with Gasteiger partial charge in [0.1, 0.15) is 0 Å². The molecule has 13 heavy (non-hydrogen) atoms. The van der Waals surface area contributed by atoms with Crippen molar-refractivity contribution in [1.82, 2.24) is 19.1 Å². The predicted molar refractivity (Wildman–Crippen MR) is 50.8 cm³/mol. The molecule has 2 rings (SSSR count). The molecular formula is C6H8N6S. The van der Waals surface area contributed by atoms with Crippen molar-refractivity contribution in [3.05, 3.63) is 12.3 Å². The van der Waals surface area contributed by atoms with Crippen LogP contribution in [0.1, 0.15) is 0 Å². The van der Waals surface area contributed by atoms with Gasteiger partial charge in [0.25, 0.3) is 0 Å². The first-order chi connectivity index (χ1) is 6.24. The summed E-state index contributed by atoms with van der Waals surface area (Å²) < 4.78 is 5.53. The lowest BCUT2D eigenvalue weighted by Crippen LogP contribution is -1.93. The lowest BCUT2D eigenvalue weighted by molar-refractivity contribution is 0.771. The third-order valence-corrected chi connectivity index (χ3v) is 2.03. The smallest absolute Gasteiger partial charge is 0.233 e. The molecule has 0 radical (unpaired) electrons. The number of aromatic nitrogens is 4. The van der Waals surface area contributed by atoms with Gasteiger partial charge in [0.05, 0.1) is 0 Å². The number of hydrogen-bond acceptors (Lipinski definition) is 6. The fraction of sp³-hybridized carbons (Fsp3) is 0.167. The van der Waals surface area contributed by atoms with Crippen LogP contribution in [0.25, 0.3) is 0 Å². The van der Waals surface area contributed by atoms with Gasteiger partial charge in [-0.1, -0.05) is 0 Å². The van der Waals surface area contributed by atoms with Crippen LogP contribution >= 0.6 is 11.5 Å². The van der Waals surface area contributed by atoms with Gasteiger partial charge in [0.2, 0.25) is 11.1 Å². The van der Waals surface area contributed by atoms with Gasteiger partial charge in [-0.3, -0.25) is 4.68 Å². The quantitative estimate of drug-likeness (QED) is 0.735. The Balaban J connectivity index is 2.14. The van der Waals surface area contributed by atoms with E-state index in [1.807, 2.05) is 19.3 Å². The van der Waals surface area contributed by atoms with Crippen LogP contribution < -0.4 is 11.1 Å². The molecule has 0 saturated heterocycles. The van der Waals surface area contributed by atoms with Crippen molar-refractivity contribution in [3.63, 3.8) is 0 Å². The second-order valence-corrected chi connectivity index (χ2v) is 3.21. The molecule has 3 N–H and O–H groups in total. The van der Waals surface area contributed by atoms with E-state index in [-0.39, 0.29) is 5.95 Å². The average Bonchev–Trinajstić information content (AvgIpc) is 2.62. The lowest BCUT2D eigenvalue weighted by Gasteiger charge is -1.93. The van der Waals surface area contributed by atoms with E-state index >= 15 is 0 Å². The number of hydrogen-bond donors (Lipinski definition) is 2. The molecule has 0 aliphatic rings. The first-order valence-electron chi connectivity index (χ1n) is 3.60. The molecule has 0 aliphatic heterocycles. The zero-order chi connectivity index (χ0) is 9.26. The average molecular weight is 196 g/mol. The minimum atomic E-state index is 0.281. The Kier molecular flexibility index (Phi) is 1.85. The van der Waals surface area contributed by atoms with Crippen molar-refractivity contribution in [2.45, 2.75) is 0 Å². The molecule has 7 heteroatoms. The highest BCUT2D eigenvalue weighted by Crippen LogP contribution is 2.16. The third kappa shape index (κ3) is 1.75. The highest BCUT2D eigenvalue weighted by Gasteiger charge is 2.02. The van der Waals surface area contributed by atoms with Gasteiger partial charge in [-0.2, -0.15) is 14.5 Å². The number of nitrogens with one attached hydrogen (secondary N) is 1. The van der Waals surface area contributed by atoms with Gasteiger partial charge in [0.15, 0.2) is 5.82 Å². The standard InChI is InChI=1S/C6H8N6S/c1-12-3-2-4(10-12)8-6-9-5(7)11-13-6/h2-3H,1H3,(H3,7,8,9,10,11). The Labute approximate surface area is 78.6 Å². The van der Waals surface area contributed by atoms with Crippen LogP contribution in [-0.4, -0.2) is 19.1 Å². The molecule has 68 valence electrons. The molecule has 2 aromatic heterocycles. The minimum Gasteiger partial charge on any atom is -0.367 e. The van der Waals surface area contributed by atoms with Gasteiger partial charge in [-0.25, -0.2) is 0 Å². The van der Waals surface area contributed by atoms with Crippen molar-refractivity contribution < 1.29 is 0 Å². The molecule has 0 saturated carbocycles. The van der Waals surface area contributed by atoms with Crippen molar-refractivity contribution in [2.75, 3.05) is 11.1 Å².